The summed E-state index contributed by atoms with van der Waals surface area (Å²) in [6.07, 6.45) is 6.84. The highest BCUT2D eigenvalue weighted by Gasteiger charge is 2.21. The van der Waals surface area contributed by atoms with Gasteiger partial charge in [0.15, 0.2) is 4.91 Å². The van der Waals surface area contributed by atoms with Gasteiger partial charge < -0.3 is 5.32 Å². The van der Waals surface area contributed by atoms with Gasteiger partial charge in [-0.25, -0.2) is 8.42 Å². The van der Waals surface area contributed by atoms with Gasteiger partial charge in [-0.1, -0.05) is 30.9 Å². The van der Waals surface area contributed by atoms with E-state index in [-0.39, 0.29) is 15.8 Å². The molecule has 0 unspecified atom stereocenters. The molecule has 0 aromatic heterocycles. The molecule has 6 heteroatoms. The number of halogens is 1. The number of sulfone groups is 1. The molecule has 1 aliphatic carbocycles. The van der Waals surface area contributed by atoms with Crippen molar-refractivity contribution in [3.63, 3.8) is 0 Å². The van der Waals surface area contributed by atoms with Crippen LogP contribution in [0.25, 0.3) is 0 Å². The molecule has 1 saturated carbocycles. The quantitative estimate of drug-likeness (QED) is 0.862. The van der Waals surface area contributed by atoms with E-state index in [1.807, 2.05) is 0 Å². The van der Waals surface area contributed by atoms with E-state index in [2.05, 4.69) is 5.32 Å². The Bertz CT molecular complexity index is 654. The van der Waals surface area contributed by atoms with Gasteiger partial charge in [-0.05, 0) is 37.1 Å². The van der Waals surface area contributed by atoms with Crippen molar-refractivity contribution in [3.8, 4) is 6.07 Å². The smallest absolute Gasteiger partial charge is 0.218 e. The monoisotopic (exact) mass is 324 g/mol. The minimum Gasteiger partial charge on any atom is -0.387 e. The van der Waals surface area contributed by atoms with Crippen molar-refractivity contribution in [2.75, 3.05) is 0 Å². The summed E-state index contributed by atoms with van der Waals surface area (Å²) in [6, 6.07) is 7.83. The van der Waals surface area contributed by atoms with Crippen molar-refractivity contribution in [2.45, 2.75) is 43.0 Å². The molecule has 0 radical (unpaired) electrons. The van der Waals surface area contributed by atoms with Crippen LogP contribution in [0.3, 0.4) is 0 Å². The minimum atomic E-state index is -3.79. The number of nitriles is 1. The van der Waals surface area contributed by atoms with Crippen LogP contribution in [0.15, 0.2) is 40.3 Å². The summed E-state index contributed by atoms with van der Waals surface area (Å²) in [5.41, 5.74) is 0. The zero-order chi connectivity index (χ0) is 15.3. The van der Waals surface area contributed by atoms with E-state index in [4.69, 9.17) is 16.9 Å². The molecule has 0 bridgehead atoms. The molecule has 1 aliphatic rings. The van der Waals surface area contributed by atoms with Crippen LogP contribution in [0.2, 0.25) is 5.02 Å². The third-order valence-electron chi connectivity index (χ3n) is 3.58. The zero-order valence-electron chi connectivity index (χ0n) is 11.5. The maximum Gasteiger partial charge on any atom is 0.218 e. The van der Waals surface area contributed by atoms with Gasteiger partial charge in [0, 0.05) is 17.3 Å². The second-order valence-corrected chi connectivity index (χ2v) is 7.43. The summed E-state index contributed by atoms with van der Waals surface area (Å²) < 4.78 is 24.7. The summed E-state index contributed by atoms with van der Waals surface area (Å²) in [5, 5.41) is 12.7. The van der Waals surface area contributed by atoms with Gasteiger partial charge in [-0.15, -0.1) is 0 Å². The number of rotatable bonds is 4. The fourth-order valence-electron chi connectivity index (χ4n) is 2.37. The lowest BCUT2D eigenvalue weighted by atomic mass is 9.96. The van der Waals surface area contributed by atoms with Crippen LogP contribution in [0, 0.1) is 11.3 Å². The lowest BCUT2D eigenvalue weighted by molar-refractivity contribution is 0.404. The highest BCUT2D eigenvalue weighted by molar-refractivity contribution is 7.95. The van der Waals surface area contributed by atoms with E-state index < -0.39 is 9.84 Å². The van der Waals surface area contributed by atoms with Crippen LogP contribution in [-0.2, 0) is 9.84 Å². The molecule has 0 aliphatic heterocycles. The Kier molecular flexibility index (Phi) is 5.27. The third-order valence-corrected chi connectivity index (χ3v) is 5.51. The summed E-state index contributed by atoms with van der Waals surface area (Å²) in [5.74, 6) is 0. The highest BCUT2D eigenvalue weighted by Crippen LogP contribution is 2.21. The van der Waals surface area contributed by atoms with Gasteiger partial charge in [0.2, 0.25) is 9.84 Å². The summed E-state index contributed by atoms with van der Waals surface area (Å²) in [6.45, 7) is 0. The molecule has 1 aromatic carbocycles. The molecule has 0 saturated heterocycles. The molecule has 1 N–H and O–H groups in total. The molecule has 21 heavy (non-hydrogen) atoms. The van der Waals surface area contributed by atoms with E-state index >= 15 is 0 Å². The molecule has 4 nitrogen and oxygen atoms in total. The normalized spacial score (nSPS) is 17.2. The predicted molar refractivity (Wildman–Crippen MR) is 82.3 cm³/mol. The maximum atomic E-state index is 12.4. The van der Waals surface area contributed by atoms with Gasteiger partial charge in [0.25, 0.3) is 0 Å². The van der Waals surface area contributed by atoms with Gasteiger partial charge in [-0.3, -0.25) is 0 Å². The van der Waals surface area contributed by atoms with Crippen LogP contribution in [0.5, 0.6) is 0 Å². The minimum absolute atomic E-state index is 0.0742. The SMILES string of the molecule is N#C/C(=C\NC1CCCCC1)S(=O)(=O)c1ccc(Cl)cc1. The Hall–Kier alpha value is -1.51. The Balaban J connectivity index is 2.19. The Morgan fingerprint density at radius 2 is 1.86 bits per heavy atom. The van der Waals surface area contributed by atoms with Gasteiger partial charge >= 0.3 is 0 Å². The molecule has 1 fully saturated rings. The van der Waals surface area contributed by atoms with Crippen molar-refractivity contribution in [1.29, 1.82) is 5.26 Å². The second kappa shape index (κ2) is 6.97. The molecule has 0 heterocycles. The Morgan fingerprint density at radius 3 is 2.43 bits per heavy atom. The van der Waals surface area contributed by atoms with Crippen LogP contribution in [-0.4, -0.2) is 14.5 Å². The lowest BCUT2D eigenvalue weighted by Crippen LogP contribution is -2.27. The first kappa shape index (κ1) is 15.9. The first-order valence-corrected chi connectivity index (χ1v) is 8.77. The van der Waals surface area contributed by atoms with Crippen LogP contribution in [0.1, 0.15) is 32.1 Å². The molecule has 2 rings (SSSR count). The molecule has 1 aromatic rings. The van der Waals surface area contributed by atoms with Gasteiger partial charge in [0.1, 0.15) is 6.07 Å². The average molecular weight is 325 g/mol. The maximum absolute atomic E-state index is 12.4. The predicted octanol–water partition coefficient (Wildman–Crippen LogP) is 3.40. The van der Waals surface area contributed by atoms with Crippen molar-refractivity contribution < 1.29 is 8.42 Å². The van der Waals surface area contributed by atoms with Crippen molar-refractivity contribution >= 4 is 21.4 Å². The van der Waals surface area contributed by atoms with Gasteiger partial charge in [-0.2, -0.15) is 5.26 Å². The topological polar surface area (TPSA) is 70.0 Å². The van der Waals surface area contributed by atoms with Gasteiger partial charge in [0.05, 0.1) is 4.90 Å². The van der Waals surface area contributed by atoms with E-state index in [1.165, 1.54) is 36.9 Å². The van der Waals surface area contributed by atoms with Crippen LogP contribution < -0.4 is 5.32 Å². The molecule has 0 spiro atoms. The number of hydrogen-bond acceptors (Lipinski definition) is 4. The summed E-state index contributed by atoms with van der Waals surface area (Å²) in [7, 11) is -3.79. The molecule has 0 amide bonds. The van der Waals surface area contributed by atoms with E-state index in [0.717, 1.165) is 25.7 Å². The zero-order valence-corrected chi connectivity index (χ0v) is 13.1. The molecular formula is C15H17ClN2O2S. The van der Waals surface area contributed by atoms with Crippen LogP contribution in [0.4, 0.5) is 0 Å². The van der Waals surface area contributed by atoms with Crippen molar-refractivity contribution in [2.24, 2.45) is 0 Å². The summed E-state index contributed by atoms with van der Waals surface area (Å²) >= 11 is 5.75. The fourth-order valence-corrected chi connectivity index (χ4v) is 3.59. The summed E-state index contributed by atoms with van der Waals surface area (Å²) in [4.78, 5) is -0.194. The molecule has 0 atom stereocenters. The lowest BCUT2D eigenvalue weighted by Gasteiger charge is -2.21. The third kappa shape index (κ3) is 3.99. The number of allylic oxidation sites excluding steroid dienone is 1. The average Bonchev–Trinajstić information content (AvgIpc) is 2.49. The second-order valence-electron chi connectivity index (χ2n) is 5.08. The highest BCUT2D eigenvalue weighted by atomic mass is 35.5. The number of nitrogens with one attached hydrogen (secondary N) is 1. The number of hydrogen-bond donors (Lipinski definition) is 1. The molecular weight excluding hydrogens is 308 g/mol. The molecule has 112 valence electrons. The van der Waals surface area contributed by atoms with Crippen molar-refractivity contribution in [3.05, 3.63) is 40.4 Å². The number of nitrogens with zero attached hydrogens (tertiary/aromatic N) is 1. The first-order chi connectivity index (χ1) is 10.0. The fraction of sp³-hybridized carbons (Fsp3) is 0.400. The number of benzene rings is 1. The standard InChI is InChI=1S/C15H17ClN2O2S/c16-12-6-8-14(9-7-12)21(19,20)15(10-17)11-18-13-4-2-1-3-5-13/h6-9,11,13,18H,1-5H2/b15-11+. The first-order valence-electron chi connectivity index (χ1n) is 6.91. The van der Waals surface area contributed by atoms with E-state index in [0.29, 0.717) is 5.02 Å². The van der Waals surface area contributed by atoms with Crippen molar-refractivity contribution in [1.82, 2.24) is 5.32 Å². The van der Waals surface area contributed by atoms with Crippen LogP contribution >= 0.6 is 11.6 Å². The Morgan fingerprint density at radius 1 is 1.24 bits per heavy atom. The van der Waals surface area contributed by atoms with E-state index in [1.54, 1.807) is 6.07 Å². The largest absolute Gasteiger partial charge is 0.387 e. The Labute approximate surface area is 130 Å². The van der Waals surface area contributed by atoms with E-state index in [9.17, 15) is 8.42 Å².